The lowest BCUT2D eigenvalue weighted by molar-refractivity contribution is -0.350. The fourth-order valence-corrected chi connectivity index (χ4v) is 7.18. The van der Waals surface area contributed by atoms with Gasteiger partial charge in [0.1, 0.15) is 24.4 Å². The van der Waals surface area contributed by atoms with E-state index in [1.165, 1.54) is 18.9 Å². The molecule has 0 saturated carbocycles. The van der Waals surface area contributed by atoms with E-state index in [1.54, 1.807) is 0 Å². The fraction of sp³-hybridized carbons (Fsp3) is 0.593. The van der Waals surface area contributed by atoms with Crippen LogP contribution in [0.4, 0.5) is 0 Å². The van der Waals surface area contributed by atoms with Gasteiger partial charge in [0.2, 0.25) is 6.29 Å². The number of aromatic nitrogens is 1. The first kappa shape index (κ1) is 25.4. The standard InChI is InChI=1S/C27H32N2O10/c1-35-24(34)15-11-36-25(38-26-22(33)21(32)20(31)18(10-30)37-26)19-14(15)8-27-23-13(6-7-29(27)9-17(19)39-27)12-4-2-3-5-16(12)28-23/h2-5,11,14,17-22,25-26,28,30-33H,6-10H2,1H3/t14-,17?,18?,19+,20?,21?,22?,25?,26?,27+/m1/s1. The molecule has 5 N–H and O–H groups in total. The first-order chi connectivity index (χ1) is 18.9. The van der Waals surface area contributed by atoms with Crippen molar-refractivity contribution in [2.75, 3.05) is 26.8 Å². The van der Waals surface area contributed by atoms with E-state index in [0.29, 0.717) is 18.5 Å². The lowest BCUT2D eigenvalue weighted by atomic mass is 9.73. The molecule has 3 saturated heterocycles. The van der Waals surface area contributed by atoms with Crippen molar-refractivity contribution in [2.45, 2.75) is 61.7 Å². The molecule has 12 heteroatoms. The third kappa shape index (κ3) is 3.64. The highest BCUT2D eigenvalue weighted by Gasteiger charge is 2.64. The van der Waals surface area contributed by atoms with Gasteiger partial charge in [0.15, 0.2) is 12.0 Å². The SMILES string of the molecule is COC(=O)C1=COC(OC2OC(CO)C(O)C(O)C2O)[C@@H]2C3CN4CCc5c([nH]c6ccccc56)[C@]4(C[C@H]12)O3. The second-order valence-electron chi connectivity index (χ2n) is 11.0. The average molecular weight is 545 g/mol. The predicted octanol–water partition coefficient (Wildman–Crippen LogP) is -0.557. The van der Waals surface area contributed by atoms with Gasteiger partial charge < -0.3 is 49.1 Å². The van der Waals surface area contributed by atoms with Crippen molar-refractivity contribution in [3.63, 3.8) is 0 Å². The summed E-state index contributed by atoms with van der Waals surface area (Å²) in [5.41, 5.74) is 2.85. The molecule has 5 aliphatic heterocycles. The number of para-hydroxylation sites is 1. The number of methoxy groups -OCH3 is 1. The Balaban J connectivity index is 1.25. The number of aliphatic hydroxyl groups excluding tert-OH is 4. The molecule has 2 aromatic rings. The van der Waals surface area contributed by atoms with E-state index in [2.05, 4.69) is 16.0 Å². The number of aromatic amines is 1. The summed E-state index contributed by atoms with van der Waals surface area (Å²) < 4.78 is 29.5. The topological polar surface area (TPSA) is 163 Å². The fourth-order valence-electron chi connectivity index (χ4n) is 7.18. The molecular weight excluding hydrogens is 512 g/mol. The Hall–Kier alpha value is -2.55. The summed E-state index contributed by atoms with van der Waals surface area (Å²) in [7, 11) is 1.32. The summed E-state index contributed by atoms with van der Waals surface area (Å²) in [5, 5.41) is 41.7. The van der Waals surface area contributed by atoms with Gasteiger partial charge >= 0.3 is 5.97 Å². The number of benzene rings is 1. The van der Waals surface area contributed by atoms with Gasteiger partial charge in [-0.2, -0.15) is 0 Å². The number of hydrogen-bond donors (Lipinski definition) is 5. The Morgan fingerprint density at radius 1 is 1.18 bits per heavy atom. The molecule has 10 atom stereocenters. The number of hydrogen-bond acceptors (Lipinski definition) is 11. The van der Waals surface area contributed by atoms with Crippen molar-refractivity contribution < 1.29 is 48.9 Å². The second kappa shape index (κ2) is 9.25. The Bertz CT molecular complexity index is 1310. The average Bonchev–Trinajstić information content (AvgIpc) is 3.48. The maximum Gasteiger partial charge on any atom is 0.337 e. The number of H-pyrrole nitrogens is 1. The first-order valence-electron chi connectivity index (χ1n) is 13.3. The van der Waals surface area contributed by atoms with Crippen LogP contribution in [0.25, 0.3) is 10.9 Å². The summed E-state index contributed by atoms with van der Waals surface area (Å²) in [4.78, 5) is 18.8. The lowest BCUT2D eigenvalue weighted by Gasteiger charge is -2.50. The minimum absolute atomic E-state index is 0.369. The van der Waals surface area contributed by atoms with Gasteiger partial charge in [-0.3, -0.25) is 4.90 Å². The molecule has 12 nitrogen and oxygen atoms in total. The molecule has 7 rings (SSSR count). The van der Waals surface area contributed by atoms with Gasteiger partial charge in [-0.05, 0) is 18.1 Å². The molecule has 210 valence electrons. The maximum atomic E-state index is 12.9. The summed E-state index contributed by atoms with van der Waals surface area (Å²) >= 11 is 0. The highest BCUT2D eigenvalue weighted by molar-refractivity contribution is 5.89. The molecule has 1 spiro atoms. The third-order valence-electron chi connectivity index (χ3n) is 9.06. The van der Waals surface area contributed by atoms with E-state index < -0.39 is 67.3 Å². The van der Waals surface area contributed by atoms with Crippen LogP contribution in [0.2, 0.25) is 0 Å². The number of nitrogens with one attached hydrogen (secondary N) is 1. The molecule has 0 amide bonds. The molecule has 1 aromatic carbocycles. The molecule has 3 fully saturated rings. The smallest absolute Gasteiger partial charge is 0.337 e. The third-order valence-corrected chi connectivity index (χ3v) is 9.06. The van der Waals surface area contributed by atoms with Crippen LogP contribution >= 0.6 is 0 Å². The number of fused-ring (bicyclic) bond motifs is 6. The van der Waals surface area contributed by atoms with Crippen molar-refractivity contribution in [1.82, 2.24) is 9.88 Å². The minimum atomic E-state index is -1.59. The Labute approximate surface area is 223 Å². The summed E-state index contributed by atoms with van der Waals surface area (Å²) in [5.74, 6) is -1.35. The molecular formula is C27H32N2O10. The number of ether oxygens (including phenoxy) is 5. The minimum Gasteiger partial charge on any atom is -0.471 e. The Morgan fingerprint density at radius 2 is 2.00 bits per heavy atom. The van der Waals surface area contributed by atoms with Crippen LogP contribution in [0.15, 0.2) is 36.1 Å². The zero-order valence-corrected chi connectivity index (χ0v) is 21.3. The van der Waals surface area contributed by atoms with Gasteiger partial charge in [0, 0.05) is 36.3 Å². The molecule has 6 heterocycles. The van der Waals surface area contributed by atoms with Gasteiger partial charge in [0.05, 0.1) is 43.3 Å². The molecule has 0 aliphatic carbocycles. The Morgan fingerprint density at radius 3 is 2.79 bits per heavy atom. The summed E-state index contributed by atoms with van der Waals surface area (Å²) in [6, 6.07) is 8.17. The molecule has 1 aromatic heterocycles. The maximum absolute atomic E-state index is 12.9. The van der Waals surface area contributed by atoms with Crippen LogP contribution in [0, 0.1) is 11.8 Å². The molecule has 5 aliphatic rings. The van der Waals surface area contributed by atoms with E-state index in [0.717, 1.165) is 29.6 Å². The predicted molar refractivity (Wildman–Crippen MR) is 132 cm³/mol. The summed E-state index contributed by atoms with van der Waals surface area (Å²) in [6.45, 7) is 0.772. The van der Waals surface area contributed by atoms with Crippen LogP contribution in [-0.4, -0.2) is 106 Å². The largest absolute Gasteiger partial charge is 0.471 e. The number of rotatable bonds is 4. The van der Waals surface area contributed by atoms with Gasteiger partial charge in [-0.25, -0.2) is 4.79 Å². The number of esters is 1. The first-order valence-corrected chi connectivity index (χ1v) is 13.3. The van der Waals surface area contributed by atoms with Crippen molar-refractivity contribution in [1.29, 1.82) is 0 Å². The van der Waals surface area contributed by atoms with Crippen LogP contribution < -0.4 is 0 Å². The molecule has 7 unspecified atom stereocenters. The van der Waals surface area contributed by atoms with Gasteiger partial charge in [0.25, 0.3) is 0 Å². The number of aliphatic hydroxyl groups is 4. The van der Waals surface area contributed by atoms with E-state index in [4.69, 9.17) is 23.7 Å². The van der Waals surface area contributed by atoms with Crippen molar-refractivity contribution in [3.8, 4) is 0 Å². The van der Waals surface area contributed by atoms with Crippen LogP contribution in [0.5, 0.6) is 0 Å². The van der Waals surface area contributed by atoms with Gasteiger partial charge in [-0.15, -0.1) is 0 Å². The van der Waals surface area contributed by atoms with E-state index >= 15 is 0 Å². The monoisotopic (exact) mass is 544 g/mol. The van der Waals surface area contributed by atoms with Crippen molar-refractivity contribution in [3.05, 3.63) is 47.4 Å². The van der Waals surface area contributed by atoms with Crippen molar-refractivity contribution in [2.24, 2.45) is 11.8 Å². The van der Waals surface area contributed by atoms with Gasteiger partial charge in [-0.1, -0.05) is 18.2 Å². The summed E-state index contributed by atoms with van der Waals surface area (Å²) in [6.07, 6.45) is -5.98. The normalized spacial score (nSPS) is 41.3. The molecule has 0 radical (unpaired) electrons. The number of carbonyl (C=O) groups is 1. The van der Waals surface area contributed by atoms with Crippen LogP contribution in [0.1, 0.15) is 17.7 Å². The highest BCUT2D eigenvalue weighted by Crippen LogP contribution is 2.57. The zero-order chi connectivity index (χ0) is 27.1. The van der Waals surface area contributed by atoms with E-state index in [9.17, 15) is 25.2 Å². The zero-order valence-electron chi connectivity index (χ0n) is 21.3. The lowest BCUT2D eigenvalue weighted by Crippen LogP contribution is -2.61. The second-order valence-corrected chi connectivity index (χ2v) is 11.0. The van der Waals surface area contributed by atoms with Crippen LogP contribution in [0.3, 0.4) is 0 Å². The molecule has 39 heavy (non-hydrogen) atoms. The van der Waals surface area contributed by atoms with Crippen molar-refractivity contribution >= 4 is 16.9 Å². The number of nitrogens with zero attached hydrogens (tertiary/aromatic N) is 1. The number of carbonyl (C=O) groups excluding carboxylic acids is 1. The van der Waals surface area contributed by atoms with E-state index in [1.807, 2.05) is 18.2 Å². The molecule has 2 bridgehead atoms. The highest BCUT2D eigenvalue weighted by atomic mass is 16.8. The Kier molecular flexibility index (Phi) is 6.03. The quantitative estimate of drug-likeness (QED) is 0.314. The van der Waals surface area contributed by atoms with E-state index in [-0.39, 0.29) is 5.92 Å². The van der Waals surface area contributed by atoms with Crippen LogP contribution in [-0.2, 0) is 40.6 Å².